The minimum Gasteiger partial charge on any atom is -0.339 e. The molecule has 1 aromatic heterocycles. The van der Waals surface area contributed by atoms with E-state index in [-0.39, 0.29) is 17.4 Å². The lowest BCUT2D eigenvalue weighted by atomic mass is 9.91. The number of halogens is 4. The summed E-state index contributed by atoms with van der Waals surface area (Å²) in [6.45, 7) is 2.83. The van der Waals surface area contributed by atoms with Crippen LogP contribution in [0.2, 0.25) is 0 Å². The third kappa shape index (κ3) is 5.27. The van der Waals surface area contributed by atoms with Gasteiger partial charge in [0.15, 0.2) is 0 Å². The number of piperidine rings is 1. The zero-order chi connectivity index (χ0) is 28.6. The van der Waals surface area contributed by atoms with Crippen LogP contribution >= 0.6 is 0 Å². The van der Waals surface area contributed by atoms with Gasteiger partial charge in [-0.05, 0) is 79.3 Å². The number of fused-ring (bicyclic) bond motifs is 1. The smallest absolute Gasteiger partial charge is 0.320 e. The largest absolute Gasteiger partial charge is 0.339 e. The number of hydrogen-bond acceptors (Lipinski definition) is 2. The summed E-state index contributed by atoms with van der Waals surface area (Å²) >= 11 is 0. The number of carbonyl (C=O) groups is 1. The summed E-state index contributed by atoms with van der Waals surface area (Å²) in [4.78, 5) is 19.6. The average molecular weight is 550 g/mol. The molecule has 1 fully saturated rings. The maximum absolute atomic E-state index is 13.9. The molecule has 40 heavy (non-hydrogen) atoms. The number of hydrogen-bond donors (Lipinski definition) is 0. The highest BCUT2D eigenvalue weighted by Crippen LogP contribution is 2.35. The predicted molar refractivity (Wildman–Crippen MR) is 149 cm³/mol. The van der Waals surface area contributed by atoms with E-state index in [1.54, 1.807) is 47.4 Å². The number of alkyl halides is 4. The van der Waals surface area contributed by atoms with Gasteiger partial charge in [0, 0.05) is 37.1 Å². The van der Waals surface area contributed by atoms with E-state index in [9.17, 15) is 22.4 Å². The van der Waals surface area contributed by atoms with Crippen LogP contribution < -0.4 is 0 Å². The molecule has 0 unspecified atom stereocenters. The van der Waals surface area contributed by atoms with E-state index in [1.165, 1.54) is 12.1 Å². The molecule has 0 N–H and O–H groups in total. The Morgan fingerprint density at radius 2 is 1.73 bits per heavy atom. The monoisotopic (exact) mass is 549 g/mol. The fourth-order valence-electron chi connectivity index (χ4n) is 5.62. The molecule has 4 aromatic rings. The third-order valence-corrected chi connectivity index (χ3v) is 7.70. The van der Waals surface area contributed by atoms with Gasteiger partial charge in [-0.25, -0.2) is 13.8 Å². The molecule has 0 atom stereocenters. The fraction of sp³-hybridized carbons (Fsp3) is 0.312. The summed E-state index contributed by atoms with van der Waals surface area (Å²) < 4.78 is 56.7. The summed E-state index contributed by atoms with van der Waals surface area (Å²) in [5.41, 5.74) is 4.64. The van der Waals surface area contributed by atoms with Gasteiger partial charge >= 0.3 is 6.55 Å². The Morgan fingerprint density at radius 3 is 2.38 bits per heavy atom. The maximum atomic E-state index is 13.9. The first-order valence-corrected chi connectivity index (χ1v) is 13.4. The lowest BCUT2D eigenvalue weighted by Crippen LogP contribution is -2.38. The van der Waals surface area contributed by atoms with Gasteiger partial charge in [0.2, 0.25) is 0 Å². The van der Waals surface area contributed by atoms with Crippen molar-refractivity contribution in [3.05, 3.63) is 106 Å². The molecule has 0 aliphatic carbocycles. The van der Waals surface area contributed by atoms with Crippen LogP contribution in [0.5, 0.6) is 0 Å². The number of carbonyl (C=O) groups excluding carboxylic acids is 1. The normalized spacial score (nSPS) is 15.3. The number of para-hydroxylation sites is 2. The molecule has 8 heteroatoms. The van der Waals surface area contributed by atoms with Gasteiger partial charge in [-0.1, -0.05) is 42.5 Å². The predicted octanol–water partition coefficient (Wildman–Crippen LogP) is 8.32. The molecule has 0 bridgehead atoms. The van der Waals surface area contributed by atoms with Crippen LogP contribution in [-0.4, -0.2) is 33.4 Å². The summed E-state index contributed by atoms with van der Waals surface area (Å²) in [5, 5.41) is 0. The molecule has 0 saturated carbocycles. The van der Waals surface area contributed by atoms with Gasteiger partial charge in [-0.3, -0.25) is 9.36 Å². The van der Waals surface area contributed by atoms with Crippen LogP contribution in [-0.2, 0) is 5.92 Å². The minimum absolute atomic E-state index is 0.0543. The topological polar surface area (TPSA) is 38.1 Å². The van der Waals surface area contributed by atoms with Crippen molar-refractivity contribution in [3.8, 4) is 0 Å². The van der Waals surface area contributed by atoms with E-state index in [4.69, 9.17) is 0 Å². The second kappa shape index (κ2) is 10.9. The number of amides is 1. The van der Waals surface area contributed by atoms with E-state index in [0.29, 0.717) is 53.9 Å². The molecule has 1 aliphatic heterocycles. The van der Waals surface area contributed by atoms with Gasteiger partial charge in [0.1, 0.15) is 5.82 Å². The third-order valence-electron chi connectivity index (χ3n) is 7.70. The van der Waals surface area contributed by atoms with Crippen molar-refractivity contribution in [1.29, 1.82) is 0 Å². The second-order valence-electron chi connectivity index (χ2n) is 10.4. The van der Waals surface area contributed by atoms with Gasteiger partial charge in [-0.15, -0.1) is 0 Å². The van der Waals surface area contributed by atoms with Gasteiger partial charge in [-0.2, -0.15) is 8.78 Å². The number of aromatic nitrogens is 2. The van der Waals surface area contributed by atoms with Crippen molar-refractivity contribution in [2.75, 3.05) is 13.1 Å². The molecule has 3 aromatic carbocycles. The highest BCUT2D eigenvalue weighted by Gasteiger charge is 2.30. The number of likely N-dealkylation sites (tertiary alicyclic amines) is 1. The molecule has 0 radical (unpaired) electrons. The minimum atomic E-state index is -2.94. The molecule has 4 nitrogen and oxygen atoms in total. The molecule has 208 valence electrons. The van der Waals surface area contributed by atoms with Crippen molar-refractivity contribution in [2.24, 2.45) is 0 Å². The summed E-state index contributed by atoms with van der Waals surface area (Å²) in [7, 11) is 0. The van der Waals surface area contributed by atoms with Crippen molar-refractivity contribution < 1.29 is 22.4 Å². The van der Waals surface area contributed by atoms with Crippen molar-refractivity contribution in [1.82, 2.24) is 14.5 Å². The van der Waals surface area contributed by atoms with E-state index in [2.05, 4.69) is 4.98 Å². The van der Waals surface area contributed by atoms with Gasteiger partial charge in [0.05, 0.1) is 11.0 Å². The summed E-state index contributed by atoms with van der Waals surface area (Å²) in [5.74, 6) is -2.87. The molecule has 1 saturated heterocycles. The summed E-state index contributed by atoms with van der Waals surface area (Å²) in [6.07, 6.45) is 2.97. The van der Waals surface area contributed by atoms with Crippen LogP contribution in [0.25, 0.3) is 16.6 Å². The standard InChI is InChI=1S/C32H31F4N3O/c1-4-25(22-8-7-9-24(19-22)32(3,35)36)26-13-12-23(18-20(26)2)30(40)38-16-14-21(15-17-38)29-37-27-10-5-6-11-28(27)39(29)31(33)34/h4-13,18-19,21,31H,14-17H2,1-3H3/b25-4-. The Hall–Kier alpha value is -3.94. The first-order valence-electron chi connectivity index (χ1n) is 13.4. The lowest BCUT2D eigenvalue weighted by molar-refractivity contribution is 0.0174. The highest BCUT2D eigenvalue weighted by atomic mass is 19.3. The number of rotatable bonds is 6. The second-order valence-corrected chi connectivity index (χ2v) is 10.4. The Kier molecular flexibility index (Phi) is 7.53. The lowest BCUT2D eigenvalue weighted by Gasteiger charge is -2.32. The van der Waals surface area contributed by atoms with Crippen LogP contribution in [0.15, 0.2) is 72.8 Å². The van der Waals surface area contributed by atoms with Crippen molar-refractivity contribution in [2.45, 2.75) is 52.0 Å². The number of aryl methyl sites for hydroxylation is 1. The van der Waals surface area contributed by atoms with Crippen molar-refractivity contribution >= 4 is 22.5 Å². The van der Waals surface area contributed by atoms with Crippen LogP contribution in [0, 0.1) is 6.92 Å². The number of benzene rings is 3. The molecule has 0 spiro atoms. The Balaban J connectivity index is 1.32. The number of imidazole rings is 1. The van der Waals surface area contributed by atoms with E-state index in [1.807, 2.05) is 32.1 Å². The number of allylic oxidation sites excluding steroid dienone is 1. The van der Waals surface area contributed by atoms with Crippen molar-refractivity contribution in [3.63, 3.8) is 0 Å². The maximum Gasteiger partial charge on any atom is 0.320 e. The first kappa shape index (κ1) is 27.6. The number of nitrogens with zero attached hydrogens (tertiary/aromatic N) is 3. The van der Waals surface area contributed by atoms with E-state index >= 15 is 0 Å². The molecule has 5 rings (SSSR count). The van der Waals surface area contributed by atoms with Crippen LogP contribution in [0.4, 0.5) is 17.6 Å². The van der Waals surface area contributed by atoms with Crippen LogP contribution in [0.3, 0.4) is 0 Å². The fourth-order valence-corrected chi connectivity index (χ4v) is 5.62. The Bertz CT molecular complexity index is 1580. The van der Waals surface area contributed by atoms with Gasteiger partial charge < -0.3 is 4.90 Å². The quantitative estimate of drug-likeness (QED) is 0.227. The van der Waals surface area contributed by atoms with E-state index < -0.39 is 12.5 Å². The van der Waals surface area contributed by atoms with E-state index in [0.717, 1.165) is 28.2 Å². The molecular weight excluding hydrogens is 518 g/mol. The first-order chi connectivity index (χ1) is 19.1. The Morgan fingerprint density at radius 1 is 1.00 bits per heavy atom. The zero-order valence-corrected chi connectivity index (χ0v) is 22.7. The molecular formula is C32H31F4N3O. The van der Waals surface area contributed by atoms with Crippen LogP contribution in [0.1, 0.15) is 77.6 Å². The highest BCUT2D eigenvalue weighted by molar-refractivity contribution is 5.95. The molecule has 1 aliphatic rings. The molecule has 2 heterocycles. The zero-order valence-electron chi connectivity index (χ0n) is 22.7. The van der Waals surface area contributed by atoms with Gasteiger partial charge in [0.25, 0.3) is 11.8 Å². The SMILES string of the molecule is C/C=C(/c1cccc(C(C)(F)F)c1)c1ccc(C(=O)N2CCC(c3nc4ccccc4n3C(F)F)CC2)cc1C. The average Bonchev–Trinajstić information content (AvgIpc) is 3.34. The molecule has 1 amide bonds. The summed E-state index contributed by atoms with van der Waals surface area (Å²) in [6, 6.07) is 18.7. The Labute approximate surface area is 230 Å².